The fraction of sp³-hybridized carbons (Fsp3) is 0.500. The van der Waals surface area contributed by atoms with Crippen LogP contribution in [0.15, 0.2) is 24.3 Å². The first-order chi connectivity index (χ1) is 8.74. The molecule has 1 aromatic rings. The number of carbonyl (C=O) groups excluding carboxylic acids is 1. The summed E-state index contributed by atoms with van der Waals surface area (Å²) in [5.74, 6) is 3.22. The van der Waals surface area contributed by atoms with Crippen LogP contribution in [0.3, 0.4) is 0 Å². The average molecular weight is 264 g/mol. The van der Waals surface area contributed by atoms with Crippen molar-refractivity contribution < 1.29 is 4.79 Å². The number of nitrogen functional groups attached to an aromatic ring is 1. The molecule has 1 saturated heterocycles. The minimum Gasteiger partial charge on any atom is -0.399 e. The maximum Gasteiger partial charge on any atom is 0.224 e. The number of hydrogen-bond donors (Lipinski definition) is 2. The highest BCUT2D eigenvalue weighted by Crippen LogP contribution is 2.21. The molecule has 18 heavy (non-hydrogen) atoms. The molecule has 1 aliphatic heterocycles. The van der Waals surface area contributed by atoms with Gasteiger partial charge in [0.15, 0.2) is 0 Å². The maximum atomic E-state index is 11.8. The summed E-state index contributed by atoms with van der Waals surface area (Å²) in [6.07, 6.45) is 2.87. The van der Waals surface area contributed by atoms with Gasteiger partial charge in [-0.3, -0.25) is 4.79 Å². The Balaban J connectivity index is 1.74. The predicted octanol–water partition coefficient (Wildman–Crippen LogP) is 2.07. The van der Waals surface area contributed by atoms with E-state index in [9.17, 15) is 4.79 Å². The standard InChI is InChI=1S/C14H20N2OS/c15-13-3-1-2-12(8-13)9-14(17)16-10-11-4-6-18-7-5-11/h1-3,8,11H,4-7,9-10,15H2,(H,16,17). The van der Waals surface area contributed by atoms with E-state index in [1.807, 2.05) is 36.0 Å². The summed E-state index contributed by atoms with van der Waals surface area (Å²) >= 11 is 2.01. The molecular formula is C14H20N2OS. The lowest BCUT2D eigenvalue weighted by Gasteiger charge is -2.21. The van der Waals surface area contributed by atoms with Gasteiger partial charge in [0.25, 0.3) is 0 Å². The molecule has 4 heteroatoms. The maximum absolute atomic E-state index is 11.8. The molecule has 0 aromatic heterocycles. The summed E-state index contributed by atoms with van der Waals surface area (Å²) in [7, 11) is 0. The molecule has 1 fully saturated rings. The van der Waals surface area contributed by atoms with E-state index in [1.54, 1.807) is 0 Å². The number of benzene rings is 1. The Bertz CT molecular complexity index is 403. The summed E-state index contributed by atoms with van der Waals surface area (Å²) in [5.41, 5.74) is 7.38. The Morgan fingerprint density at radius 3 is 2.89 bits per heavy atom. The summed E-state index contributed by atoms with van der Waals surface area (Å²) < 4.78 is 0. The average Bonchev–Trinajstić information content (AvgIpc) is 2.38. The molecule has 1 heterocycles. The van der Waals surface area contributed by atoms with Gasteiger partial charge >= 0.3 is 0 Å². The molecule has 0 saturated carbocycles. The van der Waals surface area contributed by atoms with Gasteiger partial charge < -0.3 is 11.1 Å². The van der Waals surface area contributed by atoms with Gasteiger partial charge in [0.1, 0.15) is 0 Å². The highest BCUT2D eigenvalue weighted by molar-refractivity contribution is 7.99. The van der Waals surface area contributed by atoms with Crippen LogP contribution in [0.2, 0.25) is 0 Å². The van der Waals surface area contributed by atoms with E-state index in [2.05, 4.69) is 5.32 Å². The molecule has 1 amide bonds. The van der Waals surface area contributed by atoms with Crippen molar-refractivity contribution in [2.45, 2.75) is 19.3 Å². The Kier molecular flexibility index (Phi) is 4.93. The third-order valence-electron chi connectivity index (χ3n) is 3.24. The summed E-state index contributed by atoms with van der Waals surface area (Å²) in [6.45, 7) is 0.821. The molecule has 1 aromatic carbocycles. The number of anilines is 1. The van der Waals surface area contributed by atoms with Crippen molar-refractivity contribution in [1.29, 1.82) is 0 Å². The molecule has 1 aliphatic rings. The topological polar surface area (TPSA) is 55.1 Å². The monoisotopic (exact) mass is 264 g/mol. The highest BCUT2D eigenvalue weighted by Gasteiger charge is 2.14. The largest absolute Gasteiger partial charge is 0.399 e. The fourth-order valence-corrected chi connectivity index (χ4v) is 3.36. The van der Waals surface area contributed by atoms with Gasteiger partial charge in [-0.05, 0) is 48.0 Å². The number of carbonyl (C=O) groups is 1. The second kappa shape index (κ2) is 6.69. The van der Waals surface area contributed by atoms with Crippen molar-refractivity contribution >= 4 is 23.4 Å². The predicted molar refractivity (Wildman–Crippen MR) is 77.6 cm³/mol. The van der Waals surface area contributed by atoms with E-state index in [0.29, 0.717) is 18.0 Å². The third-order valence-corrected chi connectivity index (χ3v) is 4.29. The number of nitrogens with two attached hydrogens (primary N) is 1. The number of hydrogen-bond acceptors (Lipinski definition) is 3. The SMILES string of the molecule is Nc1cccc(CC(=O)NCC2CCSCC2)c1. The Morgan fingerprint density at radius 1 is 1.39 bits per heavy atom. The zero-order valence-electron chi connectivity index (χ0n) is 10.5. The van der Waals surface area contributed by atoms with Crippen LogP contribution in [0, 0.1) is 5.92 Å². The Hall–Kier alpha value is -1.16. The second-order valence-corrected chi connectivity index (χ2v) is 6.01. The van der Waals surface area contributed by atoms with Crippen LogP contribution in [-0.2, 0) is 11.2 Å². The van der Waals surface area contributed by atoms with Crippen molar-refractivity contribution in [3.05, 3.63) is 29.8 Å². The van der Waals surface area contributed by atoms with Crippen molar-refractivity contribution in [3.63, 3.8) is 0 Å². The molecule has 0 aliphatic carbocycles. The molecule has 0 atom stereocenters. The molecule has 2 rings (SSSR count). The lowest BCUT2D eigenvalue weighted by atomic mass is 10.0. The van der Waals surface area contributed by atoms with Crippen LogP contribution in [-0.4, -0.2) is 24.0 Å². The van der Waals surface area contributed by atoms with E-state index in [0.717, 1.165) is 12.1 Å². The van der Waals surface area contributed by atoms with Crippen molar-refractivity contribution in [2.75, 3.05) is 23.8 Å². The Labute approximate surface area is 113 Å². The van der Waals surface area contributed by atoms with Crippen LogP contribution in [0.4, 0.5) is 5.69 Å². The number of nitrogens with one attached hydrogen (secondary N) is 1. The van der Waals surface area contributed by atoms with Crippen LogP contribution in [0.25, 0.3) is 0 Å². The second-order valence-electron chi connectivity index (χ2n) is 4.78. The molecule has 0 spiro atoms. The van der Waals surface area contributed by atoms with E-state index >= 15 is 0 Å². The van der Waals surface area contributed by atoms with Crippen LogP contribution in [0.5, 0.6) is 0 Å². The minimum absolute atomic E-state index is 0.0961. The van der Waals surface area contributed by atoms with Gasteiger partial charge in [0.2, 0.25) is 5.91 Å². The smallest absolute Gasteiger partial charge is 0.224 e. The van der Waals surface area contributed by atoms with E-state index in [-0.39, 0.29) is 5.91 Å². The molecule has 0 bridgehead atoms. The fourth-order valence-electron chi connectivity index (χ4n) is 2.16. The molecular weight excluding hydrogens is 244 g/mol. The van der Waals surface area contributed by atoms with E-state index in [1.165, 1.54) is 24.3 Å². The number of thioether (sulfide) groups is 1. The molecule has 3 nitrogen and oxygen atoms in total. The Morgan fingerprint density at radius 2 is 2.17 bits per heavy atom. The van der Waals surface area contributed by atoms with Crippen molar-refractivity contribution in [1.82, 2.24) is 5.32 Å². The zero-order valence-corrected chi connectivity index (χ0v) is 11.3. The lowest BCUT2D eigenvalue weighted by Crippen LogP contribution is -2.32. The molecule has 0 radical (unpaired) electrons. The molecule has 3 N–H and O–H groups in total. The first kappa shape index (κ1) is 13.3. The molecule has 0 unspecified atom stereocenters. The summed E-state index contributed by atoms with van der Waals surface area (Å²) in [4.78, 5) is 11.8. The van der Waals surface area contributed by atoms with Crippen molar-refractivity contribution in [2.24, 2.45) is 5.92 Å². The third kappa shape index (κ3) is 4.26. The van der Waals surface area contributed by atoms with Crippen LogP contribution in [0.1, 0.15) is 18.4 Å². The quantitative estimate of drug-likeness (QED) is 0.819. The number of amides is 1. The summed E-state index contributed by atoms with van der Waals surface area (Å²) in [5, 5.41) is 3.03. The van der Waals surface area contributed by atoms with Crippen LogP contribution >= 0.6 is 11.8 Å². The lowest BCUT2D eigenvalue weighted by molar-refractivity contribution is -0.120. The van der Waals surface area contributed by atoms with Gasteiger partial charge in [-0.2, -0.15) is 11.8 Å². The van der Waals surface area contributed by atoms with Gasteiger partial charge in [-0.25, -0.2) is 0 Å². The van der Waals surface area contributed by atoms with Gasteiger partial charge in [0.05, 0.1) is 6.42 Å². The zero-order chi connectivity index (χ0) is 12.8. The van der Waals surface area contributed by atoms with Crippen molar-refractivity contribution in [3.8, 4) is 0 Å². The normalized spacial score (nSPS) is 16.4. The first-order valence-corrected chi connectivity index (χ1v) is 7.58. The van der Waals surface area contributed by atoms with E-state index < -0.39 is 0 Å². The number of rotatable bonds is 4. The minimum atomic E-state index is 0.0961. The van der Waals surface area contributed by atoms with Gasteiger partial charge in [-0.15, -0.1) is 0 Å². The highest BCUT2D eigenvalue weighted by atomic mass is 32.2. The molecule has 98 valence electrons. The van der Waals surface area contributed by atoms with Gasteiger partial charge in [-0.1, -0.05) is 12.1 Å². The first-order valence-electron chi connectivity index (χ1n) is 6.43. The van der Waals surface area contributed by atoms with E-state index in [4.69, 9.17) is 5.73 Å². The van der Waals surface area contributed by atoms with Gasteiger partial charge in [0, 0.05) is 12.2 Å². The summed E-state index contributed by atoms with van der Waals surface area (Å²) in [6, 6.07) is 7.52. The van der Waals surface area contributed by atoms with Crippen LogP contribution < -0.4 is 11.1 Å².